The maximum Gasteiger partial charge on any atom is 0.326 e. The Morgan fingerprint density at radius 2 is 1.72 bits per heavy atom. The molecule has 4 rings (SSSR count). The number of benzene rings is 1. The fraction of sp³-hybridized carbons (Fsp3) is 0.524. The van der Waals surface area contributed by atoms with Gasteiger partial charge in [0, 0.05) is 10.2 Å². The van der Waals surface area contributed by atoms with E-state index in [2.05, 4.69) is 21.2 Å². The molecule has 1 aromatic carbocycles. The first-order chi connectivity index (χ1) is 13.8. The first-order valence-electron chi connectivity index (χ1n) is 9.83. The van der Waals surface area contributed by atoms with Crippen LogP contribution in [-0.4, -0.2) is 41.7 Å². The molecule has 2 bridgehead atoms. The first-order valence-corrected chi connectivity index (χ1v) is 10.6. The van der Waals surface area contributed by atoms with E-state index in [9.17, 15) is 19.2 Å². The summed E-state index contributed by atoms with van der Waals surface area (Å²) in [5.41, 5.74) is 2.48. The number of fused-ring (bicyclic) bond motifs is 5. The van der Waals surface area contributed by atoms with Crippen LogP contribution in [0, 0.1) is 37.5 Å². The van der Waals surface area contributed by atoms with Crippen LogP contribution in [0.15, 0.2) is 16.6 Å². The summed E-state index contributed by atoms with van der Waals surface area (Å²) in [4.78, 5) is 50.6. The standard InChI is InChI=1S/C21H23BrN2O5/c1-10-6-15(11(2)5-14(10)22)23-16(25)9-29-17(26)8-24-20(27)18-12-3-4-13(7-12)19(18)21(24)28/h5-6,12-13,18-19H,3-4,7-9H2,1-2H3,(H,23,25)/t12-,13-,18-,19+/m0/s1. The minimum atomic E-state index is -0.752. The van der Waals surface area contributed by atoms with E-state index in [1.54, 1.807) is 0 Å². The molecule has 0 aromatic heterocycles. The zero-order valence-electron chi connectivity index (χ0n) is 16.4. The molecule has 2 saturated carbocycles. The molecule has 0 radical (unpaired) electrons. The molecule has 154 valence electrons. The van der Waals surface area contributed by atoms with E-state index in [4.69, 9.17) is 4.74 Å². The Bertz CT molecular complexity index is 887. The van der Waals surface area contributed by atoms with Gasteiger partial charge in [0.2, 0.25) is 11.8 Å². The highest BCUT2D eigenvalue weighted by Crippen LogP contribution is 2.56. The minimum Gasteiger partial charge on any atom is -0.454 e. The van der Waals surface area contributed by atoms with Crippen LogP contribution < -0.4 is 5.32 Å². The number of imide groups is 1. The molecule has 8 heteroatoms. The van der Waals surface area contributed by atoms with Crippen LogP contribution in [0.3, 0.4) is 0 Å². The van der Waals surface area contributed by atoms with Gasteiger partial charge in [0.1, 0.15) is 6.54 Å². The Balaban J connectivity index is 1.30. The number of aryl methyl sites for hydroxylation is 2. The molecule has 4 atom stereocenters. The molecule has 1 aromatic rings. The van der Waals surface area contributed by atoms with Crippen molar-refractivity contribution in [2.45, 2.75) is 33.1 Å². The molecule has 1 saturated heterocycles. The maximum atomic E-state index is 12.6. The molecule has 0 spiro atoms. The third-order valence-electron chi connectivity index (χ3n) is 6.45. The van der Waals surface area contributed by atoms with Crippen molar-refractivity contribution in [3.8, 4) is 0 Å². The van der Waals surface area contributed by atoms with E-state index in [1.807, 2.05) is 26.0 Å². The van der Waals surface area contributed by atoms with Gasteiger partial charge in [-0.2, -0.15) is 0 Å². The van der Waals surface area contributed by atoms with Gasteiger partial charge in [-0.15, -0.1) is 0 Å². The number of ether oxygens (including phenoxy) is 1. The molecule has 3 amide bonds. The van der Waals surface area contributed by atoms with Crippen molar-refractivity contribution in [3.05, 3.63) is 27.7 Å². The van der Waals surface area contributed by atoms with Crippen LogP contribution in [0.5, 0.6) is 0 Å². The molecular weight excluding hydrogens is 440 g/mol. The lowest BCUT2D eigenvalue weighted by atomic mass is 9.81. The number of esters is 1. The number of anilines is 1. The smallest absolute Gasteiger partial charge is 0.326 e. The molecule has 0 unspecified atom stereocenters. The largest absolute Gasteiger partial charge is 0.454 e. The molecule has 29 heavy (non-hydrogen) atoms. The van der Waals surface area contributed by atoms with Gasteiger partial charge < -0.3 is 10.1 Å². The Hall–Kier alpha value is -2.22. The fourth-order valence-electron chi connectivity index (χ4n) is 5.05. The summed E-state index contributed by atoms with van der Waals surface area (Å²) in [6.07, 6.45) is 2.91. The maximum absolute atomic E-state index is 12.6. The van der Waals surface area contributed by atoms with Gasteiger partial charge in [0.05, 0.1) is 11.8 Å². The molecule has 1 N–H and O–H groups in total. The van der Waals surface area contributed by atoms with Crippen molar-refractivity contribution in [3.63, 3.8) is 0 Å². The number of halogens is 1. The lowest BCUT2D eigenvalue weighted by molar-refractivity contribution is -0.154. The van der Waals surface area contributed by atoms with E-state index < -0.39 is 25.0 Å². The normalized spacial score (nSPS) is 27.3. The molecular formula is C21H23BrN2O5. The van der Waals surface area contributed by atoms with Gasteiger partial charge in [-0.1, -0.05) is 15.9 Å². The number of nitrogens with one attached hydrogen (secondary N) is 1. The molecule has 3 aliphatic rings. The predicted molar refractivity (Wildman–Crippen MR) is 108 cm³/mol. The SMILES string of the molecule is Cc1cc(NC(=O)COC(=O)CN2C(=O)[C@@H]3[C@H]4CC[C@@H](C4)[C@@H]3C2=O)c(C)cc1Br. The Kier molecular flexibility index (Phi) is 5.23. The quantitative estimate of drug-likeness (QED) is 0.536. The Morgan fingerprint density at radius 3 is 2.34 bits per heavy atom. The van der Waals surface area contributed by atoms with Crippen LogP contribution in [0.25, 0.3) is 0 Å². The lowest BCUT2D eigenvalue weighted by Crippen LogP contribution is -2.38. The number of hydrogen-bond donors (Lipinski definition) is 1. The van der Waals surface area contributed by atoms with Crippen molar-refractivity contribution in [2.75, 3.05) is 18.5 Å². The molecule has 1 aliphatic heterocycles. The second kappa shape index (κ2) is 7.55. The molecule has 1 heterocycles. The van der Waals surface area contributed by atoms with Crippen molar-refractivity contribution in [1.29, 1.82) is 0 Å². The average molecular weight is 463 g/mol. The highest BCUT2D eigenvalue weighted by molar-refractivity contribution is 9.10. The number of amides is 3. The third-order valence-corrected chi connectivity index (χ3v) is 7.30. The van der Waals surface area contributed by atoms with Gasteiger partial charge in [0.15, 0.2) is 6.61 Å². The number of carbonyl (C=O) groups is 4. The van der Waals surface area contributed by atoms with Gasteiger partial charge in [-0.05, 0) is 68.2 Å². The summed E-state index contributed by atoms with van der Waals surface area (Å²) in [7, 11) is 0. The highest BCUT2D eigenvalue weighted by Gasteiger charge is 2.61. The summed E-state index contributed by atoms with van der Waals surface area (Å²) in [5, 5.41) is 2.71. The number of carbonyl (C=O) groups excluding carboxylic acids is 4. The van der Waals surface area contributed by atoms with Gasteiger partial charge in [-0.3, -0.25) is 24.1 Å². The van der Waals surface area contributed by atoms with Gasteiger partial charge in [-0.25, -0.2) is 0 Å². The lowest BCUT2D eigenvalue weighted by Gasteiger charge is -2.19. The second-order valence-corrected chi connectivity index (χ2v) is 9.13. The zero-order valence-corrected chi connectivity index (χ0v) is 18.0. The van der Waals surface area contributed by atoms with Gasteiger partial charge >= 0.3 is 5.97 Å². The van der Waals surface area contributed by atoms with E-state index in [0.29, 0.717) is 5.69 Å². The summed E-state index contributed by atoms with van der Waals surface area (Å²) in [6, 6.07) is 3.72. The fourth-order valence-corrected chi connectivity index (χ4v) is 5.51. The van der Waals surface area contributed by atoms with E-state index in [1.165, 1.54) is 0 Å². The monoisotopic (exact) mass is 462 g/mol. The average Bonchev–Trinajstić information content (AvgIpc) is 3.34. The predicted octanol–water partition coefficient (Wildman–Crippen LogP) is 2.58. The first kappa shape index (κ1) is 20.1. The number of likely N-dealkylation sites (tertiary alicyclic amines) is 1. The van der Waals surface area contributed by atoms with E-state index in [-0.39, 0.29) is 35.5 Å². The zero-order chi connectivity index (χ0) is 20.9. The number of nitrogens with zero attached hydrogens (tertiary/aromatic N) is 1. The summed E-state index contributed by atoms with van der Waals surface area (Å²) < 4.78 is 5.96. The topological polar surface area (TPSA) is 92.8 Å². The Labute approximate surface area is 177 Å². The van der Waals surface area contributed by atoms with Crippen molar-refractivity contribution >= 4 is 45.3 Å². The van der Waals surface area contributed by atoms with Crippen molar-refractivity contribution < 1.29 is 23.9 Å². The number of hydrogen-bond acceptors (Lipinski definition) is 5. The summed E-state index contributed by atoms with van der Waals surface area (Å²) in [6.45, 7) is 2.88. The van der Waals surface area contributed by atoms with E-state index in [0.717, 1.165) is 39.8 Å². The second-order valence-electron chi connectivity index (χ2n) is 8.27. The van der Waals surface area contributed by atoms with Gasteiger partial charge in [0.25, 0.3) is 5.91 Å². The summed E-state index contributed by atoms with van der Waals surface area (Å²) in [5.74, 6) is -1.72. The molecule has 7 nitrogen and oxygen atoms in total. The summed E-state index contributed by atoms with van der Waals surface area (Å²) >= 11 is 3.43. The van der Waals surface area contributed by atoms with Crippen molar-refractivity contribution in [2.24, 2.45) is 23.7 Å². The molecule has 3 fully saturated rings. The van der Waals surface area contributed by atoms with Crippen LogP contribution >= 0.6 is 15.9 Å². The van der Waals surface area contributed by atoms with Crippen molar-refractivity contribution in [1.82, 2.24) is 4.90 Å². The third kappa shape index (κ3) is 3.58. The minimum absolute atomic E-state index is 0.255. The van der Waals surface area contributed by atoms with Crippen LogP contribution in [0.4, 0.5) is 5.69 Å². The van der Waals surface area contributed by atoms with Crippen LogP contribution in [0.1, 0.15) is 30.4 Å². The van der Waals surface area contributed by atoms with Crippen LogP contribution in [-0.2, 0) is 23.9 Å². The van der Waals surface area contributed by atoms with E-state index >= 15 is 0 Å². The Morgan fingerprint density at radius 1 is 1.10 bits per heavy atom. The van der Waals surface area contributed by atoms with Crippen LogP contribution in [0.2, 0.25) is 0 Å². The number of rotatable bonds is 5. The molecule has 2 aliphatic carbocycles. The highest BCUT2D eigenvalue weighted by atomic mass is 79.9.